The molecule has 0 bridgehead atoms. The third kappa shape index (κ3) is 4.62. The van der Waals surface area contributed by atoms with Gasteiger partial charge in [0, 0.05) is 29.1 Å². The lowest BCUT2D eigenvalue weighted by Gasteiger charge is -2.15. The minimum atomic E-state index is 0. The highest BCUT2D eigenvalue weighted by Crippen LogP contribution is 2.42. The van der Waals surface area contributed by atoms with Gasteiger partial charge in [-0.15, -0.1) is 12.4 Å². The molecule has 0 radical (unpaired) electrons. The van der Waals surface area contributed by atoms with E-state index in [4.69, 9.17) is 13.9 Å². The van der Waals surface area contributed by atoms with Crippen molar-refractivity contribution in [2.75, 3.05) is 33.4 Å². The average Bonchev–Trinajstić information content (AvgIpc) is 3.47. The molecule has 0 atom stereocenters. The van der Waals surface area contributed by atoms with E-state index in [-0.39, 0.29) is 12.4 Å². The number of benzene rings is 3. The van der Waals surface area contributed by atoms with Crippen LogP contribution in [0.2, 0.25) is 0 Å². The molecule has 4 nitrogen and oxygen atoms in total. The van der Waals surface area contributed by atoms with E-state index in [2.05, 4.69) is 47.4 Å². The molecule has 3 aromatic carbocycles. The summed E-state index contributed by atoms with van der Waals surface area (Å²) < 4.78 is 17.7. The molecule has 0 aliphatic carbocycles. The minimum Gasteiger partial charge on any atom is -0.497 e. The van der Waals surface area contributed by atoms with Crippen LogP contribution in [0.3, 0.4) is 0 Å². The first-order valence-corrected chi connectivity index (χ1v) is 10.9. The van der Waals surface area contributed by atoms with Gasteiger partial charge in [-0.05, 0) is 55.8 Å². The summed E-state index contributed by atoms with van der Waals surface area (Å²) in [7, 11) is 1.67. The Hall–Kier alpha value is -2.95. The van der Waals surface area contributed by atoms with E-state index in [1.807, 2.05) is 30.3 Å². The van der Waals surface area contributed by atoms with Gasteiger partial charge in [0.2, 0.25) is 0 Å². The van der Waals surface area contributed by atoms with Gasteiger partial charge in [-0.2, -0.15) is 0 Å². The highest BCUT2D eigenvalue weighted by Gasteiger charge is 2.18. The van der Waals surface area contributed by atoms with Crippen LogP contribution in [0.4, 0.5) is 0 Å². The van der Waals surface area contributed by atoms with Gasteiger partial charge in [-0.3, -0.25) is 4.90 Å². The van der Waals surface area contributed by atoms with Crippen molar-refractivity contribution in [2.24, 2.45) is 0 Å². The van der Waals surface area contributed by atoms with Crippen molar-refractivity contribution in [3.8, 4) is 33.9 Å². The van der Waals surface area contributed by atoms with Crippen LogP contribution in [0.25, 0.3) is 33.4 Å². The summed E-state index contributed by atoms with van der Waals surface area (Å²) in [6, 6.07) is 24.6. The minimum absolute atomic E-state index is 0. The number of ether oxygens (including phenoxy) is 2. The van der Waals surface area contributed by atoms with Crippen LogP contribution in [-0.4, -0.2) is 38.3 Å². The van der Waals surface area contributed by atoms with E-state index in [0.29, 0.717) is 0 Å². The molecular formula is C27H28ClNO3. The Morgan fingerprint density at radius 2 is 1.56 bits per heavy atom. The summed E-state index contributed by atoms with van der Waals surface area (Å²) in [6.45, 7) is 4.11. The van der Waals surface area contributed by atoms with Crippen LogP contribution < -0.4 is 9.47 Å². The Balaban J connectivity index is 0.00000245. The van der Waals surface area contributed by atoms with Crippen LogP contribution >= 0.6 is 12.4 Å². The predicted molar refractivity (Wildman–Crippen MR) is 132 cm³/mol. The lowest BCUT2D eigenvalue weighted by molar-refractivity contribution is 0.238. The number of methoxy groups -OCH3 is 1. The van der Waals surface area contributed by atoms with Gasteiger partial charge in [-0.25, -0.2) is 0 Å². The Kier molecular flexibility index (Phi) is 7.03. The molecule has 0 unspecified atom stereocenters. The Morgan fingerprint density at radius 3 is 2.28 bits per heavy atom. The third-order valence-electron chi connectivity index (χ3n) is 5.95. The molecule has 1 saturated heterocycles. The molecule has 1 aliphatic heterocycles. The molecule has 32 heavy (non-hydrogen) atoms. The van der Waals surface area contributed by atoms with E-state index >= 15 is 0 Å². The summed E-state index contributed by atoms with van der Waals surface area (Å²) in [5, 5.41) is 1.07. The second kappa shape index (κ2) is 10.1. The first-order chi connectivity index (χ1) is 15.3. The third-order valence-corrected chi connectivity index (χ3v) is 5.95. The molecule has 0 saturated carbocycles. The van der Waals surface area contributed by atoms with Crippen molar-refractivity contribution in [1.82, 2.24) is 4.90 Å². The molecule has 0 N–H and O–H groups in total. The smallest absolute Gasteiger partial charge is 0.143 e. The van der Waals surface area contributed by atoms with Gasteiger partial charge in [0.15, 0.2) is 0 Å². The molecule has 1 aromatic heterocycles. The second-order valence-corrected chi connectivity index (χ2v) is 7.96. The molecule has 4 aromatic rings. The molecular weight excluding hydrogens is 422 g/mol. The lowest BCUT2D eigenvalue weighted by atomic mass is 9.98. The van der Waals surface area contributed by atoms with Crippen LogP contribution in [0.1, 0.15) is 12.8 Å². The quantitative estimate of drug-likeness (QED) is 0.315. The summed E-state index contributed by atoms with van der Waals surface area (Å²) in [5.74, 6) is 2.55. The summed E-state index contributed by atoms with van der Waals surface area (Å²) in [5.41, 5.74) is 4.07. The summed E-state index contributed by atoms with van der Waals surface area (Å²) >= 11 is 0. The van der Waals surface area contributed by atoms with Crippen LogP contribution in [0.15, 0.2) is 77.2 Å². The molecule has 1 aliphatic rings. The number of rotatable bonds is 7. The number of hydrogen-bond acceptors (Lipinski definition) is 4. The molecule has 166 valence electrons. The van der Waals surface area contributed by atoms with E-state index in [9.17, 15) is 0 Å². The number of fused-ring (bicyclic) bond motifs is 1. The van der Waals surface area contributed by atoms with Crippen LogP contribution in [0, 0.1) is 0 Å². The lowest BCUT2D eigenvalue weighted by Crippen LogP contribution is -2.25. The van der Waals surface area contributed by atoms with Crippen molar-refractivity contribution in [3.05, 3.63) is 72.8 Å². The normalized spacial score (nSPS) is 13.8. The monoisotopic (exact) mass is 449 g/mol. The zero-order valence-corrected chi connectivity index (χ0v) is 19.1. The van der Waals surface area contributed by atoms with Crippen molar-refractivity contribution in [2.45, 2.75) is 12.8 Å². The Labute approximate surface area is 195 Å². The first kappa shape index (κ1) is 22.3. The fourth-order valence-corrected chi connectivity index (χ4v) is 4.30. The summed E-state index contributed by atoms with van der Waals surface area (Å²) in [4.78, 5) is 2.46. The topological polar surface area (TPSA) is 34.8 Å². The number of nitrogens with zero attached hydrogens (tertiary/aromatic N) is 1. The van der Waals surface area contributed by atoms with Gasteiger partial charge in [-0.1, -0.05) is 42.5 Å². The van der Waals surface area contributed by atoms with Crippen molar-refractivity contribution in [1.29, 1.82) is 0 Å². The largest absolute Gasteiger partial charge is 0.497 e. The van der Waals surface area contributed by atoms with Gasteiger partial charge in [0.05, 0.1) is 7.11 Å². The van der Waals surface area contributed by atoms with E-state index in [0.717, 1.165) is 58.1 Å². The number of hydrogen-bond donors (Lipinski definition) is 0. The van der Waals surface area contributed by atoms with E-state index in [1.54, 1.807) is 7.11 Å². The molecule has 0 amide bonds. The molecule has 5 heteroatoms. The maximum Gasteiger partial charge on any atom is 0.143 e. The molecule has 1 fully saturated rings. The van der Waals surface area contributed by atoms with Gasteiger partial charge < -0.3 is 13.9 Å². The number of halogens is 1. The van der Waals surface area contributed by atoms with Gasteiger partial charge >= 0.3 is 0 Å². The first-order valence-electron chi connectivity index (χ1n) is 10.9. The highest BCUT2D eigenvalue weighted by molar-refractivity contribution is 6.02. The standard InChI is InChI=1S/C27H27NO3.ClH/c1-29-23-13-14-24-25(19-23)31-27(21-7-3-2-4-8-21)26(24)20-9-11-22(12-10-20)30-18-17-28-15-5-6-16-28;/h2-4,7-14,19H,5-6,15-18H2,1H3;1H. The maximum atomic E-state index is 6.32. The van der Waals surface area contributed by atoms with E-state index < -0.39 is 0 Å². The zero-order chi connectivity index (χ0) is 21.0. The molecule has 2 heterocycles. The fourth-order valence-electron chi connectivity index (χ4n) is 4.30. The van der Waals surface area contributed by atoms with Crippen molar-refractivity contribution in [3.63, 3.8) is 0 Å². The summed E-state index contributed by atoms with van der Waals surface area (Å²) in [6.07, 6.45) is 2.62. The molecule has 5 rings (SSSR count). The maximum absolute atomic E-state index is 6.32. The van der Waals surface area contributed by atoms with E-state index in [1.165, 1.54) is 25.9 Å². The van der Waals surface area contributed by atoms with Gasteiger partial charge in [0.1, 0.15) is 29.4 Å². The Morgan fingerprint density at radius 1 is 0.844 bits per heavy atom. The van der Waals surface area contributed by atoms with Crippen molar-refractivity contribution < 1.29 is 13.9 Å². The zero-order valence-electron chi connectivity index (χ0n) is 18.3. The number of furan rings is 1. The van der Waals surface area contributed by atoms with Crippen LogP contribution in [0.5, 0.6) is 11.5 Å². The predicted octanol–water partition coefficient (Wildman–Crippen LogP) is 6.67. The highest BCUT2D eigenvalue weighted by atomic mass is 35.5. The Bertz CT molecular complexity index is 1150. The average molecular weight is 450 g/mol. The van der Waals surface area contributed by atoms with Crippen LogP contribution in [-0.2, 0) is 0 Å². The molecule has 0 spiro atoms. The fraction of sp³-hybridized carbons (Fsp3) is 0.259. The SMILES string of the molecule is COc1ccc2c(-c3ccc(OCCN4CCCC4)cc3)c(-c3ccccc3)oc2c1.Cl. The number of likely N-dealkylation sites (tertiary alicyclic amines) is 1. The van der Waals surface area contributed by atoms with Gasteiger partial charge in [0.25, 0.3) is 0 Å². The second-order valence-electron chi connectivity index (χ2n) is 7.96. The van der Waals surface area contributed by atoms with Crippen molar-refractivity contribution >= 4 is 23.4 Å².